The Kier molecular flexibility index (Phi) is 3.87. The molecule has 1 aromatic heterocycles. The molecule has 0 saturated carbocycles. The number of carbonyl (C=O) groups is 1. The minimum absolute atomic E-state index is 0.210. The Balaban J connectivity index is 1.72. The van der Waals surface area contributed by atoms with Gasteiger partial charge >= 0.3 is 0 Å². The molecule has 0 atom stereocenters. The fourth-order valence-corrected chi connectivity index (χ4v) is 2.33. The maximum absolute atomic E-state index is 12.1. The van der Waals surface area contributed by atoms with Gasteiger partial charge < -0.3 is 15.0 Å². The fourth-order valence-electron chi connectivity index (χ4n) is 2.33. The summed E-state index contributed by atoms with van der Waals surface area (Å²) in [6, 6.07) is 9.56. The zero-order chi connectivity index (χ0) is 14.7. The maximum Gasteiger partial charge on any atom is 0.276 e. The van der Waals surface area contributed by atoms with E-state index in [9.17, 15) is 4.79 Å². The van der Waals surface area contributed by atoms with Crippen LogP contribution in [0.1, 0.15) is 16.2 Å². The Hall–Kier alpha value is -2.34. The first-order valence-corrected chi connectivity index (χ1v) is 6.98. The van der Waals surface area contributed by atoms with Crippen LogP contribution in [0, 0.1) is 6.92 Å². The number of aromatic amines is 1. The second kappa shape index (κ2) is 5.97. The van der Waals surface area contributed by atoms with Crippen molar-refractivity contribution in [2.75, 3.05) is 36.5 Å². The van der Waals surface area contributed by atoms with E-state index in [0.717, 1.165) is 43.4 Å². The van der Waals surface area contributed by atoms with E-state index in [1.54, 1.807) is 6.07 Å². The molecule has 3 rings (SSSR count). The van der Waals surface area contributed by atoms with Crippen molar-refractivity contribution in [2.45, 2.75) is 6.92 Å². The van der Waals surface area contributed by atoms with Crippen LogP contribution in [-0.2, 0) is 4.74 Å². The molecule has 1 aromatic carbocycles. The van der Waals surface area contributed by atoms with E-state index < -0.39 is 0 Å². The lowest BCUT2D eigenvalue weighted by Crippen LogP contribution is -2.36. The van der Waals surface area contributed by atoms with Crippen LogP contribution in [0.5, 0.6) is 0 Å². The molecule has 0 aliphatic carbocycles. The first-order valence-electron chi connectivity index (χ1n) is 6.98. The van der Waals surface area contributed by atoms with Gasteiger partial charge in [0.1, 0.15) is 0 Å². The molecule has 6 heteroatoms. The van der Waals surface area contributed by atoms with Crippen LogP contribution in [0.15, 0.2) is 30.3 Å². The normalized spacial score (nSPS) is 15.0. The summed E-state index contributed by atoms with van der Waals surface area (Å²) in [5, 5.41) is 9.60. The number of rotatable bonds is 3. The summed E-state index contributed by atoms with van der Waals surface area (Å²) in [4.78, 5) is 14.3. The van der Waals surface area contributed by atoms with Crippen molar-refractivity contribution in [1.29, 1.82) is 0 Å². The van der Waals surface area contributed by atoms with Crippen molar-refractivity contribution in [3.05, 3.63) is 41.7 Å². The molecular formula is C15H18N4O2. The van der Waals surface area contributed by atoms with E-state index in [1.165, 1.54) is 0 Å². The van der Waals surface area contributed by atoms with Crippen LogP contribution < -0.4 is 10.2 Å². The smallest absolute Gasteiger partial charge is 0.276 e. The number of aromatic nitrogens is 2. The fraction of sp³-hybridized carbons (Fsp3) is 0.333. The number of benzene rings is 1. The van der Waals surface area contributed by atoms with Crippen LogP contribution >= 0.6 is 0 Å². The molecule has 0 spiro atoms. The van der Waals surface area contributed by atoms with Crippen LogP contribution in [0.3, 0.4) is 0 Å². The number of H-pyrrole nitrogens is 1. The predicted octanol–water partition coefficient (Wildman–Crippen LogP) is 1.81. The molecule has 1 fully saturated rings. The monoisotopic (exact) mass is 286 g/mol. The molecule has 6 nitrogen and oxygen atoms in total. The van der Waals surface area contributed by atoms with Gasteiger partial charge in [-0.1, -0.05) is 6.07 Å². The number of nitrogens with one attached hydrogen (secondary N) is 2. The number of carbonyl (C=O) groups excluding carboxylic acids is 1. The van der Waals surface area contributed by atoms with Crippen LogP contribution in [0.2, 0.25) is 0 Å². The van der Waals surface area contributed by atoms with Crippen molar-refractivity contribution < 1.29 is 9.53 Å². The highest BCUT2D eigenvalue weighted by Crippen LogP contribution is 2.20. The summed E-state index contributed by atoms with van der Waals surface area (Å²) < 4.78 is 5.35. The van der Waals surface area contributed by atoms with Crippen molar-refractivity contribution in [1.82, 2.24) is 10.2 Å². The minimum atomic E-state index is -0.210. The number of anilines is 2. The van der Waals surface area contributed by atoms with E-state index >= 15 is 0 Å². The highest BCUT2D eigenvalue weighted by atomic mass is 16.5. The van der Waals surface area contributed by atoms with Gasteiger partial charge in [-0.2, -0.15) is 5.10 Å². The number of ether oxygens (including phenoxy) is 1. The summed E-state index contributed by atoms with van der Waals surface area (Å²) in [5.74, 6) is -0.210. The zero-order valence-electron chi connectivity index (χ0n) is 11.9. The Bertz CT molecular complexity index is 632. The van der Waals surface area contributed by atoms with E-state index in [1.807, 2.05) is 31.2 Å². The van der Waals surface area contributed by atoms with Crippen molar-refractivity contribution in [3.63, 3.8) is 0 Å². The van der Waals surface area contributed by atoms with Gasteiger partial charge in [0, 0.05) is 30.2 Å². The van der Waals surface area contributed by atoms with E-state index in [-0.39, 0.29) is 5.91 Å². The van der Waals surface area contributed by atoms with Crippen molar-refractivity contribution >= 4 is 17.3 Å². The summed E-state index contributed by atoms with van der Waals surface area (Å²) in [6.45, 7) is 5.08. The second-order valence-corrected chi connectivity index (χ2v) is 5.04. The lowest BCUT2D eigenvalue weighted by atomic mass is 10.2. The van der Waals surface area contributed by atoms with Crippen molar-refractivity contribution in [2.24, 2.45) is 0 Å². The van der Waals surface area contributed by atoms with Gasteiger partial charge in [-0.3, -0.25) is 9.89 Å². The second-order valence-electron chi connectivity index (χ2n) is 5.04. The lowest BCUT2D eigenvalue weighted by molar-refractivity contribution is 0.102. The first-order chi connectivity index (χ1) is 10.2. The van der Waals surface area contributed by atoms with Gasteiger partial charge in [-0.05, 0) is 31.2 Å². The number of nitrogens with zero attached hydrogens (tertiary/aromatic N) is 2. The highest BCUT2D eigenvalue weighted by Gasteiger charge is 2.13. The Morgan fingerprint density at radius 1 is 1.33 bits per heavy atom. The third-order valence-electron chi connectivity index (χ3n) is 3.42. The molecule has 0 radical (unpaired) electrons. The number of hydrogen-bond acceptors (Lipinski definition) is 4. The number of amides is 1. The van der Waals surface area contributed by atoms with Gasteiger partial charge in [0.05, 0.1) is 13.2 Å². The SMILES string of the molecule is Cc1cc(C(=O)Nc2cccc(N3CCOCC3)c2)n[nH]1. The molecule has 1 aliphatic rings. The van der Waals surface area contributed by atoms with Gasteiger partial charge in [-0.25, -0.2) is 0 Å². The van der Waals surface area contributed by atoms with Gasteiger partial charge in [0.2, 0.25) is 0 Å². The topological polar surface area (TPSA) is 70.2 Å². The quantitative estimate of drug-likeness (QED) is 0.902. The van der Waals surface area contributed by atoms with Gasteiger partial charge in [0.25, 0.3) is 5.91 Å². The molecule has 2 N–H and O–H groups in total. The van der Waals surface area contributed by atoms with Crippen molar-refractivity contribution in [3.8, 4) is 0 Å². The summed E-state index contributed by atoms with van der Waals surface area (Å²) in [6.07, 6.45) is 0. The standard InChI is InChI=1S/C15H18N4O2/c1-11-9-14(18-17-11)15(20)16-12-3-2-4-13(10-12)19-5-7-21-8-6-19/h2-4,9-10H,5-8H2,1H3,(H,16,20)(H,17,18). The van der Waals surface area contributed by atoms with Crippen LogP contribution in [0.4, 0.5) is 11.4 Å². The third kappa shape index (κ3) is 3.22. The van der Waals surface area contributed by atoms with E-state index in [0.29, 0.717) is 5.69 Å². The van der Waals surface area contributed by atoms with E-state index in [4.69, 9.17) is 4.74 Å². The average Bonchev–Trinajstić information content (AvgIpc) is 2.95. The molecule has 0 unspecified atom stereocenters. The molecule has 2 heterocycles. The largest absolute Gasteiger partial charge is 0.378 e. The Morgan fingerprint density at radius 2 is 2.14 bits per heavy atom. The Morgan fingerprint density at radius 3 is 2.86 bits per heavy atom. The number of aryl methyl sites for hydroxylation is 1. The molecule has 2 aromatic rings. The van der Waals surface area contributed by atoms with Crippen LogP contribution in [0.25, 0.3) is 0 Å². The molecule has 1 aliphatic heterocycles. The minimum Gasteiger partial charge on any atom is -0.378 e. The summed E-state index contributed by atoms with van der Waals surface area (Å²) >= 11 is 0. The van der Waals surface area contributed by atoms with Gasteiger partial charge in [0.15, 0.2) is 5.69 Å². The maximum atomic E-state index is 12.1. The Labute approximate surface area is 123 Å². The molecule has 21 heavy (non-hydrogen) atoms. The summed E-state index contributed by atoms with van der Waals surface area (Å²) in [7, 11) is 0. The van der Waals surface area contributed by atoms with E-state index in [2.05, 4.69) is 20.4 Å². The zero-order valence-corrected chi connectivity index (χ0v) is 11.9. The molecule has 1 amide bonds. The average molecular weight is 286 g/mol. The molecule has 1 saturated heterocycles. The third-order valence-corrected chi connectivity index (χ3v) is 3.42. The number of hydrogen-bond donors (Lipinski definition) is 2. The predicted molar refractivity (Wildman–Crippen MR) is 80.8 cm³/mol. The highest BCUT2D eigenvalue weighted by molar-refractivity contribution is 6.03. The summed E-state index contributed by atoms with van der Waals surface area (Å²) in [5.41, 5.74) is 3.12. The molecule has 110 valence electrons. The van der Waals surface area contributed by atoms with Gasteiger partial charge in [-0.15, -0.1) is 0 Å². The molecule has 0 bridgehead atoms. The lowest BCUT2D eigenvalue weighted by Gasteiger charge is -2.29. The van der Waals surface area contributed by atoms with Crippen LogP contribution in [-0.4, -0.2) is 42.4 Å². The number of morpholine rings is 1. The molecular weight excluding hydrogens is 268 g/mol. The first kappa shape index (κ1) is 13.6.